The second-order valence-electron chi connectivity index (χ2n) is 7.64. The Morgan fingerprint density at radius 2 is 2.07 bits per heavy atom. The molecule has 7 nitrogen and oxygen atoms in total. The van der Waals surface area contributed by atoms with E-state index in [4.69, 9.17) is 4.74 Å². The van der Waals surface area contributed by atoms with Gasteiger partial charge in [-0.15, -0.1) is 0 Å². The fourth-order valence-electron chi connectivity index (χ4n) is 4.33. The molecule has 0 radical (unpaired) electrons. The van der Waals surface area contributed by atoms with Crippen LogP contribution in [0.1, 0.15) is 54.6 Å². The molecule has 2 N–H and O–H groups in total. The minimum absolute atomic E-state index is 0.0625. The van der Waals surface area contributed by atoms with E-state index >= 15 is 4.39 Å². The van der Waals surface area contributed by atoms with E-state index in [-0.39, 0.29) is 41.9 Å². The number of carbonyl (C=O) groups excluding carboxylic acids is 1. The number of aliphatic hydroxyl groups is 2. The molecule has 1 aliphatic heterocycles. The molecule has 156 valence electrons. The van der Waals surface area contributed by atoms with Crippen molar-refractivity contribution in [1.82, 2.24) is 4.57 Å². The average molecular weight is 404 g/mol. The van der Waals surface area contributed by atoms with Crippen molar-refractivity contribution in [3.63, 3.8) is 0 Å². The van der Waals surface area contributed by atoms with E-state index in [1.165, 1.54) is 6.20 Å². The maximum Gasteiger partial charge on any atom is 0.343 e. The SMILES string of the molecule is CCOC(=O)c1cn(C2CC2)c2c(CO)c(N3CCCC3CO)c(F)cc2c1=O. The van der Waals surface area contributed by atoms with Gasteiger partial charge in [0.05, 0.1) is 37.1 Å². The number of esters is 1. The van der Waals surface area contributed by atoms with Gasteiger partial charge in [0.25, 0.3) is 0 Å². The van der Waals surface area contributed by atoms with E-state index in [0.29, 0.717) is 17.6 Å². The van der Waals surface area contributed by atoms with Gasteiger partial charge >= 0.3 is 5.97 Å². The number of aliphatic hydroxyl groups excluding tert-OH is 2. The Bertz CT molecular complexity index is 1010. The number of hydrogen-bond donors (Lipinski definition) is 2. The van der Waals surface area contributed by atoms with Crippen LogP contribution in [0.5, 0.6) is 0 Å². The summed E-state index contributed by atoms with van der Waals surface area (Å²) in [5.74, 6) is -1.37. The van der Waals surface area contributed by atoms with Crippen molar-refractivity contribution in [3.05, 3.63) is 39.4 Å². The molecule has 1 aromatic carbocycles. The number of rotatable bonds is 6. The van der Waals surface area contributed by atoms with Gasteiger partial charge in [-0.3, -0.25) is 4.79 Å². The molecular formula is C21H25FN2O5. The summed E-state index contributed by atoms with van der Waals surface area (Å²) in [7, 11) is 0. The van der Waals surface area contributed by atoms with Crippen LogP contribution in [0.15, 0.2) is 17.1 Å². The van der Waals surface area contributed by atoms with Crippen LogP contribution in [0, 0.1) is 5.82 Å². The normalized spacial score (nSPS) is 19.2. The third-order valence-corrected chi connectivity index (χ3v) is 5.81. The molecule has 1 unspecified atom stereocenters. The molecule has 8 heteroatoms. The number of carbonyl (C=O) groups is 1. The van der Waals surface area contributed by atoms with E-state index in [2.05, 4.69) is 0 Å². The first-order valence-corrected chi connectivity index (χ1v) is 10.1. The van der Waals surface area contributed by atoms with Gasteiger partial charge in [0, 0.05) is 29.7 Å². The van der Waals surface area contributed by atoms with Gasteiger partial charge in [-0.1, -0.05) is 0 Å². The number of fused-ring (bicyclic) bond motifs is 1. The molecule has 0 bridgehead atoms. The van der Waals surface area contributed by atoms with Crippen molar-refractivity contribution >= 4 is 22.6 Å². The highest BCUT2D eigenvalue weighted by atomic mass is 19.1. The summed E-state index contributed by atoms with van der Waals surface area (Å²) in [5, 5.41) is 19.9. The molecule has 1 saturated heterocycles. The lowest BCUT2D eigenvalue weighted by molar-refractivity contribution is 0.0524. The summed E-state index contributed by atoms with van der Waals surface area (Å²) in [4.78, 5) is 27.1. The number of aromatic nitrogens is 1. The fourth-order valence-corrected chi connectivity index (χ4v) is 4.33. The lowest BCUT2D eigenvalue weighted by atomic mass is 10.0. The minimum Gasteiger partial charge on any atom is -0.462 e. The summed E-state index contributed by atoms with van der Waals surface area (Å²) < 4.78 is 22.0. The van der Waals surface area contributed by atoms with Crippen LogP contribution in [0.2, 0.25) is 0 Å². The Balaban J connectivity index is 2.01. The maximum atomic E-state index is 15.2. The molecule has 29 heavy (non-hydrogen) atoms. The molecule has 4 rings (SSSR count). The number of pyridine rings is 1. The zero-order chi connectivity index (χ0) is 20.7. The van der Waals surface area contributed by atoms with Gasteiger partial charge in [0.1, 0.15) is 11.4 Å². The van der Waals surface area contributed by atoms with E-state index in [1.54, 1.807) is 11.8 Å². The number of halogens is 1. The number of benzene rings is 1. The monoisotopic (exact) mass is 404 g/mol. The Morgan fingerprint density at radius 3 is 2.69 bits per heavy atom. The Kier molecular flexibility index (Phi) is 5.31. The third kappa shape index (κ3) is 3.30. The van der Waals surface area contributed by atoms with Crippen LogP contribution in [0.3, 0.4) is 0 Å². The number of nitrogens with zero attached hydrogens (tertiary/aromatic N) is 2. The van der Waals surface area contributed by atoms with Gasteiger partial charge in [-0.25, -0.2) is 9.18 Å². The van der Waals surface area contributed by atoms with Gasteiger partial charge in [-0.05, 0) is 38.7 Å². The third-order valence-electron chi connectivity index (χ3n) is 5.81. The predicted octanol–water partition coefficient (Wildman–Crippen LogP) is 2.11. The summed E-state index contributed by atoms with van der Waals surface area (Å²) in [5.41, 5.74) is 0.273. The van der Waals surface area contributed by atoms with Crippen molar-refractivity contribution in [1.29, 1.82) is 0 Å². The standard InChI is InChI=1S/C21H25FN2O5/c1-2-29-21(28)15-9-24(12-5-6-12)18-14(20(15)27)8-17(22)19(16(18)11-26)23-7-3-4-13(23)10-25/h8-9,12-13,25-26H,2-7,10-11H2,1H3. The molecule has 0 spiro atoms. The highest BCUT2D eigenvalue weighted by molar-refractivity contribution is 5.96. The lowest BCUT2D eigenvalue weighted by Gasteiger charge is -2.29. The zero-order valence-electron chi connectivity index (χ0n) is 16.4. The van der Waals surface area contributed by atoms with Crippen LogP contribution in [-0.2, 0) is 11.3 Å². The quantitative estimate of drug-likeness (QED) is 0.717. The molecule has 0 amide bonds. The van der Waals surface area contributed by atoms with Gasteiger partial charge in [0.15, 0.2) is 0 Å². The van der Waals surface area contributed by atoms with Crippen LogP contribution < -0.4 is 10.3 Å². The molecule has 2 heterocycles. The number of anilines is 1. The van der Waals surface area contributed by atoms with Crippen LogP contribution in [-0.4, -0.2) is 46.5 Å². The van der Waals surface area contributed by atoms with Gasteiger partial charge < -0.3 is 24.4 Å². The smallest absolute Gasteiger partial charge is 0.343 e. The first kappa shape index (κ1) is 19.8. The van der Waals surface area contributed by atoms with E-state index in [1.807, 2.05) is 4.57 Å². The van der Waals surface area contributed by atoms with Crippen molar-refractivity contribution < 1.29 is 24.1 Å². The van der Waals surface area contributed by atoms with E-state index < -0.39 is 23.8 Å². The van der Waals surface area contributed by atoms with Crippen LogP contribution in [0.4, 0.5) is 10.1 Å². The molecule has 1 aromatic heterocycles. The number of hydrogen-bond acceptors (Lipinski definition) is 6. The van der Waals surface area contributed by atoms with E-state index in [9.17, 15) is 19.8 Å². The first-order valence-electron chi connectivity index (χ1n) is 10.1. The minimum atomic E-state index is -0.733. The van der Waals surface area contributed by atoms with Crippen molar-refractivity contribution in [3.8, 4) is 0 Å². The topological polar surface area (TPSA) is 92.0 Å². The first-order chi connectivity index (χ1) is 14.0. The summed E-state index contributed by atoms with van der Waals surface area (Å²) in [6.07, 6.45) is 4.77. The Labute approximate surface area is 167 Å². The highest BCUT2D eigenvalue weighted by Crippen LogP contribution is 2.41. The Hall–Kier alpha value is -2.45. The highest BCUT2D eigenvalue weighted by Gasteiger charge is 2.33. The largest absolute Gasteiger partial charge is 0.462 e. The second kappa shape index (κ2) is 7.76. The summed E-state index contributed by atoms with van der Waals surface area (Å²) in [6.45, 7) is 1.78. The second-order valence-corrected chi connectivity index (χ2v) is 7.64. The number of ether oxygens (including phenoxy) is 1. The molecular weight excluding hydrogens is 379 g/mol. The van der Waals surface area contributed by atoms with Crippen LogP contribution in [0.25, 0.3) is 10.9 Å². The van der Waals surface area contributed by atoms with Gasteiger partial charge in [0.2, 0.25) is 5.43 Å². The maximum absolute atomic E-state index is 15.2. The summed E-state index contributed by atoms with van der Waals surface area (Å²) >= 11 is 0. The van der Waals surface area contributed by atoms with Gasteiger partial charge in [-0.2, -0.15) is 0 Å². The van der Waals surface area contributed by atoms with Crippen molar-refractivity contribution in [2.45, 2.75) is 51.3 Å². The molecule has 2 aromatic rings. The van der Waals surface area contributed by atoms with Crippen molar-refractivity contribution in [2.24, 2.45) is 0 Å². The molecule has 1 atom stereocenters. The fraction of sp³-hybridized carbons (Fsp3) is 0.524. The Morgan fingerprint density at radius 1 is 1.31 bits per heavy atom. The van der Waals surface area contributed by atoms with Crippen LogP contribution >= 0.6 is 0 Å². The summed E-state index contributed by atoms with van der Waals surface area (Å²) in [6, 6.07) is 1.01. The zero-order valence-corrected chi connectivity index (χ0v) is 16.4. The molecule has 2 aliphatic rings. The average Bonchev–Trinajstić information content (AvgIpc) is 3.45. The molecule has 1 aliphatic carbocycles. The molecule has 1 saturated carbocycles. The lowest BCUT2D eigenvalue weighted by Crippen LogP contribution is -2.34. The molecule has 2 fully saturated rings. The predicted molar refractivity (Wildman–Crippen MR) is 106 cm³/mol. The van der Waals surface area contributed by atoms with Crippen molar-refractivity contribution in [2.75, 3.05) is 24.7 Å². The van der Waals surface area contributed by atoms with E-state index in [0.717, 1.165) is 31.7 Å².